The van der Waals surface area contributed by atoms with Gasteiger partial charge in [-0.15, -0.1) is 0 Å². The molecule has 0 atom stereocenters. The molecule has 4 nitrogen and oxygen atoms in total. The Morgan fingerprint density at radius 3 is 2.88 bits per heavy atom. The van der Waals surface area contributed by atoms with Crippen molar-refractivity contribution in [3.8, 4) is 5.69 Å². The van der Waals surface area contributed by atoms with Gasteiger partial charge in [0.25, 0.3) is 5.56 Å². The lowest BCUT2D eigenvalue weighted by Crippen LogP contribution is -2.17. The topological polar surface area (TPSA) is 48.0 Å². The second-order valence-electron chi connectivity index (χ2n) is 3.85. The van der Waals surface area contributed by atoms with Gasteiger partial charge in [0.15, 0.2) is 0 Å². The van der Waals surface area contributed by atoms with Crippen molar-refractivity contribution >= 4 is 11.0 Å². The molecule has 84 valence electrons. The summed E-state index contributed by atoms with van der Waals surface area (Å²) < 4.78 is 6.74. The SMILES string of the molecule is Cc1ccc(-n2ccc3occc3c2=O)cn1. The van der Waals surface area contributed by atoms with Crippen LogP contribution in [0.5, 0.6) is 0 Å². The minimum atomic E-state index is -0.0955. The monoisotopic (exact) mass is 226 g/mol. The van der Waals surface area contributed by atoms with Gasteiger partial charge in [-0.2, -0.15) is 0 Å². The van der Waals surface area contributed by atoms with E-state index in [2.05, 4.69) is 4.98 Å². The highest BCUT2D eigenvalue weighted by atomic mass is 16.3. The summed E-state index contributed by atoms with van der Waals surface area (Å²) in [6.45, 7) is 1.91. The third-order valence-electron chi connectivity index (χ3n) is 2.69. The first-order chi connectivity index (χ1) is 8.25. The maximum Gasteiger partial charge on any atom is 0.266 e. The minimum Gasteiger partial charge on any atom is -0.464 e. The second kappa shape index (κ2) is 3.59. The summed E-state index contributed by atoms with van der Waals surface area (Å²) in [4.78, 5) is 16.3. The van der Waals surface area contributed by atoms with E-state index in [-0.39, 0.29) is 5.56 Å². The second-order valence-corrected chi connectivity index (χ2v) is 3.85. The minimum absolute atomic E-state index is 0.0955. The molecule has 0 saturated carbocycles. The van der Waals surface area contributed by atoms with Crippen LogP contribution in [0.3, 0.4) is 0 Å². The Kier molecular flexibility index (Phi) is 2.08. The summed E-state index contributed by atoms with van der Waals surface area (Å²) in [5.74, 6) is 0. The molecule has 3 aromatic heterocycles. The van der Waals surface area contributed by atoms with Gasteiger partial charge in [0.1, 0.15) is 5.58 Å². The number of nitrogens with zero attached hydrogens (tertiary/aromatic N) is 2. The average Bonchev–Trinajstić information content (AvgIpc) is 2.80. The number of furan rings is 1. The summed E-state index contributed by atoms with van der Waals surface area (Å²) in [5, 5.41) is 0.577. The predicted octanol–water partition coefficient (Wildman–Crippen LogP) is 2.29. The van der Waals surface area contributed by atoms with E-state index in [4.69, 9.17) is 4.42 Å². The van der Waals surface area contributed by atoms with E-state index in [0.29, 0.717) is 11.0 Å². The Hall–Kier alpha value is -2.36. The standard InChI is InChI=1S/C13H10N2O2/c1-9-2-3-10(8-14-9)15-6-4-12-11(13(15)16)5-7-17-12/h2-8H,1H3. The van der Waals surface area contributed by atoms with Crippen LogP contribution < -0.4 is 5.56 Å². The summed E-state index contributed by atoms with van der Waals surface area (Å²) >= 11 is 0. The van der Waals surface area contributed by atoms with Gasteiger partial charge in [-0.05, 0) is 31.2 Å². The summed E-state index contributed by atoms with van der Waals surface area (Å²) in [6, 6.07) is 7.20. The normalized spacial score (nSPS) is 10.9. The van der Waals surface area contributed by atoms with Gasteiger partial charge < -0.3 is 4.42 Å². The maximum absolute atomic E-state index is 12.2. The predicted molar refractivity (Wildman–Crippen MR) is 64.3 cm³/mol. The fraction of sp³-hybridized carbons (Fsp3) is 0.0769. The van der Waals surface area contributed by atoms with E-state index in [1.807, 2.05) is 19.1 Å². The van der Waals surface area contributed by atoms with E-state index < -0.39 is 0 Å². The number of pyridine rings is 2. The number of aromatic nitrogens is 2. The highest BCUT2D eigenvalue weighted by Gasteiger charge is 2.06. The fourth-order valence-electron chi connectivity index (χ4n) is 1.77. The third-order valence-corrected chi connectivity index (χ3v) is 2.69. The van der Waals surface area contributed by atoms with Crippen LogP contribution in [-0.4, -0.2) is 9.55 Å². The molecule has 0 aromatic carbocycles. The van der Waals surface area contributed by atoms with E-state index >= 15 is 0 Å². The van der Waals surface area contributed by atoms with E-state index in [9.17, 15) is 4.79 Å². The summed E-state index contributed by atoms with van der Waals surface area (Å²) in [6.07, 6.45) is 4.90. The van der Waals surface area contributed by atoms with Gasteiger partial charge in [0.05, 0.1) is 23.5 Å². The van der Waals surface area contributed by atoms with E-state index in [1.165, 1.54) is 6.26 Å². The van der Waals surface area contributed by atoms with Crippen molar-refractivity contribution in [1.29, 1.82) is 0 Å². The molecule has 0 radical (unpaired) electrons. The molecule has 17 heavy (non-hydrogen) atoms. The Morgan fingerprint density at radius 1 is 1.24 bits per heavy atom. The van der Waals surface area contributed by atoms with Crippen LogP contribution in [0, 0.1) is 6.92 Å². The van der Waals surface area contributed by atoms with Crippen LogP contribution in [0.1, 0.15) is 5.69 Å². The molecule has 0 unspecified atom stereocenters. The molecule has 0 aliphatic rings. The van der Waals surface area contributed by atoms with Crippen molar-refractivity contribution in [2.75, 3.05) is 0 Å². The highest BCUT2D eigenvalue weighted by molar-refractivity contribution is 5.75. The smallest absolute Gasteiger partial charge is 0.266 e. The van der Waals surface area contributed by atoms with Crippen LogP contribution in [0.4, 0.5) is 0 Å². The van der Waals surface area contributed by atoms with Gasteiger partial charge in [0, 0.05) is 11.9 Å². The molecule has 0 amide bonds. The number of aryl methyl sites for hydroxylation is 1. The first-order valence-electron chi connectivity index (χ1n) is 5.27. The number of fused-ring (bicyclic) bond motifs is 1. The molecular formula is C13H10N2O2. The quantitative estimate of drug-likeness (QED) is 0.639. The number of hydrogen-bond acceptors (Lipinski definition) is 3. The lowest BCUT2D eigenvalue weighted by Gasteiger charge is -2.04. The van der Waals surface area contributed by atoms with Crippen LogP contribution in [0.25, 0.3) is 16.7 Å². The van der Waals surface area contributed by atoms with Crippen LogP contribution in [0.15, 0.2) is 52.1 Å². The Bertz CT molecular complexity index is 723. The van der Waals surface area contributed by atoms with Crippen molar-refractivity contribution in [3.05, 3.63) is 59.0 Å². The highest BCUT2D eigenvalue weighted by Crippen LogP contribution is 2.12. The molecule has 0 aliphatic heterocycles. The maximum atomic E-state index is 12.2. The molecule has 0 saturated heterocycles. The molecule has 3 heterocycles. The zero-order valence-corrected chi connectivity index (χ0v) is 9.25. The van der Waals surface area contributed by atoms with E-state index in [1.54, 1.807) is 29.1 Å². The molecule has 0 fully saturated rings. The van der Waals surface area contributed by atoms with Gasteiger partial charge in [0.2, 0.25) is 0 Å². The molecule has 0 aliphatic carbocycles. The van der Waals surface area contributed by atoms with Crippen molar-refractivity contribution < 1.29 is 4.42 Å². The lowest BCUT2D eigenvalue weighted by atomic mass is 10.3. The molecule has 4 heteroatoms. The number of rotatable bonds is 1. The van der Waals surface area contributed by atoms with Gasteiger partial charge in [-0.3, -0.25) is 14.3 Å². The lowest BCUT2D eigenvalue weighted by molar-refractivity contribution is 0.615. The zero-order valence-electron chi connectivity index (χ0n) is 9.25. The first-order valence-corrected chi connectivity index (χ1v) is 5.27. The Labute approximate surface area is 97.1 Å². The van der Waals surface area contributed by atoms with Crippen molar-refractivity contribution in [2.24, 2.45) is 0 Å². The first kappa shape index (κ1) is 9.84. The summed E-state index contributed by atoms with van der Waals surface area (Å²) in [5.41, 5.74) is 2.18. The molecular weight excluding hydrogens is 216 g/mol. The van der Waals surface area contributed by atoms with Crippen LogP contribution in [0.2, 0.25) is 0 Å². The molecule has 0 spiro atoms. The van der Waals surface area contributed by atoms with Gasteiger partial charge in [-0.25, -0.2) is 0 Å². The third kappa shape index (κ3) is 1.54. The number of hydrogen-bond donors (Lipinski definition) is 0. The zero-order chi connectivity index (χ0) is 11.8. The van der Waals surface area contributed by atoms with Crippen molar-refractivity contribution in [2.45, 2.75) is 6.92 Å². The van der Waals surface area contributed by atoms with Crippen LogP contribution in [-0.2, 0) is 0 Å². The molecule has 0 bridgehead atoms. The van der Waals surface area contributed by atoms with Crippen LogP contribution >= 0.6 is 0 Å². The Balaban J connectivity index is 2.27. The Morgan fingerprint density at radius 2 is 2.12 bits per heavy atom. The largest absolute Gasteiger partial charge is 0.464 e. The van der Waals surface area contributed by atoms with E-state index in [0.717, 1.165) is 11.4 Å². The molecule has 3 aromatic rings. The molecule has 3 rings (SSSR count). The van der Waals surface area contributed by atoms with Gasteiger partial charge in [-0.1, -0.05) is 0 Å². The molecule has 0 N–H and O–H groups in total. The summed E-state index contributed by atoms with van der Waals surface area (Å²) in [7, 11) is 0. The fourth-order valence-corrected chi connectivity index (χ4v) is 1.77. The van der Waals surface area contributed by atoms with Gasteiger partial charge >= 0.3 is 0 Å². The average molecular weight is 226 g/mol. The van der Waals surface area contributed by atoms with Crippen molar-refractivity contribution in [1.82, 2.24) is 9.55 Å². The van der Waals surface area contributed by atoms with Crippen molar-refractivity contribution in [3.63, 3.8) is 0 Å².